The van der Waals surface area contributed by atoms with Crippen LogP contribution in [0.2, 0.25) is 0 Å². The molecule has 6 heteroatoms. The Bertz CT molecular complexity index is 572. The summed E-state index contributed by atoms with van der Waals surface area (Å²) in [6, 6.07) is 7.10. The zero-order valence-electron chi connectivity index (χ0n) is 10.5. The minimum Gasteiger partial charge on any atom is -0.465 e. The second kappa shape index (κ2) is 5.81. The van der Waals surface area contributed by atoms with Gasteiger partial charge in [-0.2, -0.15) is 0 Å². The number of ether oxygens (including phenoxy) is 1. The first-order valence-electron chi connectivity index (χ1n) is 5.68. The van der Waals surface area contributed by atoms with Gasteiger partial charge < -0.3 is 15.8 Å². The number of nitrogens with zero attached hydrogens (tertiary/aromatic N) is 2. The molecule has 0 spiro atoms. The van der Waals surface area contributed by atoms with Gasteiger partial charge in [0.25, 0.3) is 0 Å². The monoisotopic (exact) mass is 258 g/mol. The van der Waals surface area contributed by atoms with Gasteiger partial charge in [-0.15, -0.1) is 0 Å². The topological polar surface area (TPSA) is 90.1 Å². The van der Waals surface area contributed by atoms with Gasteiger partial charge in [0.2, 0.25) is 0 Å². The molecule has 19 heavy (non-hydrogen) atoms. The van der Waals surface area contributed by atoms with Crippen LogP contribution >= 0.6 is 0 Å². The minimum atomic E-state index is -0.461. The summed E-state index contributed by atoms with van der Waals surface area (Å²) in [6.07, 6.45) is 3.21. The lowest BCUT2D eigenvalue weighted by atomic mass is 10.2. The number of methoxy groups -OCH3 is 1. The molecule has 0 bridgehead atoms. The second-order valence-corrected chi connectivity index (χ2v) is 3.82. The van der Waals surface area contributed by atoms with E-state index in [1.807, 2.05) is 18.2 Å². The number of carbonyl (C=O) groups is 1. The smallest absolute Gasteiger partial charge is 0.340 e. The molecule has 0 aliphatic heterocycles. The van der Waals surface area contributed by atoms with E-state index >= 15 is 0 Å². The van der Waals surface area contributed by atoms with E-state index in [-0.39, 0.29) is 5.82 Å². The van der Waals surface area contributed by atoms with Crippen LogP contribution in [0.15, 0.2) is 36.7 Å². The highest BCUT2D eigenvalue weighted by Crippen LogP contribution is 2.18. The number of aromatic nitrogens is 2. The molecule has 0 unspecified atom stereocenters. The van der Waals surface area contributed by atoms with Crippen LogP contribution in [-0.2, 0) is 11.3 Å². The molecular weight excluding hydrogens is 244 g/mol. The van der Waals surface area contributed by atoms with Crippen molar-refractivity contribution in [3.63, 3.8) is 0 Å². The predicted molar refractivity (Wildman–Crippen MR) is 71.6 cm³/mol. The maximum absolute atomic E-state index is 11.6. The number of carbonyl (C=O) groups excluding carboxylic acids is 1. The van der Waals surface area contributed by atoms with E-state index in [2.05, 4.69) is 15.3 Å². The lowest BCUT2D eigenvalue weighted by Crippen LogP contribution is -2.10. The number of hydrogen-bond donors (Lipinski definition) is 2. The Balaban J connectivity index is 2.18. The Morgan fingerprint density at radius 3 is 2.95 bits per heavy atom. The van der Waals surface area contributed by atoms with Crippen molar-refractivity contribution in [2.24, 2.45) is 0 Å². The number of hydrogen-bond acceptors (Lipinski definition) is 6. The van der Waals surface area contributed by atoms with Gasteiger partial charge in [-0.1, -0.05) is 6.07 Å². The van der Waals surface area contributed by atoms with Crippen molar-refractivity contribution in [3.8, 4) is 0 Å². The first-order valence-corrected chi connectivity index (χ1v) is 5.68. The van der Waals surface area contributed by atoms with Gasteiger partial charge in [-0.05, 0) is 18.2 Å². The van der Waals surface area contributed by atoms with Crippen molar-refractivity contribution in [2.75, 3.05) is 18.2 Å². The average Bonchev–Trinajstić information content (AvgIpc) is 2.46. The van der Waals surface area contributed by atoms with Gasteiger partial charge in [0, 0.05) is 6.20 Å². The quantitative estimate of drug-likeness (QED) is 0.807. The third-order valence-corrected chi connectivity index (χ3v) is 2.52. The van der Waals surface area contributed by atoms with E-state index in [1.54, 1.807) is 6.20 Å². The fourth-order valence-corrected chi connectivity index (χ4v) is 1.58. The highest BCUT2D eigenvalue weighted by molar-refractivity contribution is 5.96. The summed E-state index contributed by atoms with van der Waals surface area (Å²) in [5.74, 6) is -0.193. The molecule has 0 amide bonds. The third-order valence-electron chi connectivity index (χ3n) is 2.52. The van der Waals surface area contributed by atoms with E-state index in [9.17, 15) is 4.79 Å². The third kappa shape index (κ3) is 3.19. The summed E-state index contributed by atoms with van der Waals surface area (Å²) >= 11 is 0. The Labute approximate surface area is 110 Å². The van der Waals surface area contributed by atoms with Crippen molar-refractivity contribution in [1.82, 2.24) is 9.97 Å². The molecule has 2 heterocycles. The number of anilines is 2. The Hall–Kier alpha value is -2.63. The van der Waals surface area contributed by atoms with E-state index in [0.717, 1.165) is 5.69 Å². The Morgan fingerprint density at radius 1 is 1.42 bits per heavy atom. The molecule has 0 aliphatic carbocycles. The lowest BCUT2D eigenvalue weighted by molar-refractivity contribution is 0.0601. The predicted octanol–water partition coefficient (Wildman–Crippen LogP) is 1.46. The molecular formula is C13H14N4O2. The summed E-state index contributed by atoms with van der Waals surface area (Å²) in [5, 5.41) is 3.09. The molecule has 2 aromatic heterocycles. The number of pyridine rings is 2. The summed E-state index contributed by atoms with van der Waals surface area (Å²) in [5.41, 5.74) is 7.34. The SMILES string of the molecule is COC(=O)c1cc(N)ncc1NCc1ccccn1. The van der Waals surface area contributed by atoms with Crippen LogP contribution in [0, 0.1) is 0 Å². The summed E-state index contributed by atoms with van der Waals surface area (Å²) in [7, 11) is 1.32. The van der Waals surface area contributed by atoms with Crippen LogP contribution in [0.25, 0.3) is 0 Å². The maximum atomic E-state index is 11.6. The zero-order chi connectivity index (χ0) is 13.7. The normalized spacial score (nSPS) is 9.95. The van der Waals surface area contributed by atoms with Gasteiger partial charge in [-0.25, -0.2) is 9.78 Å². The maximum Gasteiger partial charge on any atom is 0.340 e. The van der Waals surface area contributed by atoms with Crippen LogP contribution in [0.1, 0.15) is 16.1 Å². The fraction of sp³-hybridized carbons (Fsp3) is 0.154. The molecule has 0 aliphatic rings. The highest BCUT2D eigenvalue weighted by Gasteiger charge is 2.12. The number of nitrogen functional groups attached to an aromatic ring is 1. The summed E-state index contributed by atoms with van der Waals surface area (Å²) < 4.78 is 4.71. The van der Waals surface area contributed by atoms with Crippen LogP contribution in [0.3, 0.4) is 0 Å². The van der Waals surface area contributed by atoms with E-state index in [1.165, 1.54) is 19.4 Å². The standard InChI is InChI=1S/C13H14N4O2/c1-19-13(18)10-6-12(14)17-8-11(10)16-7-9-4-2-3-5-15-9/h2-6,8,16H,7H2,1H3,(H2,14,17). The minimum absolute atomic E-state index is 0.267. The molecule has 0 fully saturated rings. The van der Waals surface area contributed by atoms with E-state index < -0.39 is 5.97 Å². The van der Waals surface area contributed by atoms with Crippen LogP contribution in [0.4, 0.5) is 11.5 Å². The number of nitrogens with two attached hydrogens (primary N) is 1. The lowest BCUT2D eigenvalue weighted by Gasteiger charge is -2.10. The van der Waals surface area contributed by atoms with Crippen molar-refractivity contribution >= 4 is 17.5 Å². The average molecular weight is 258 g/mol. The van der Waals surface area contributed by atoms with Crippen LogP contribution in [-0.4, -0.2) is 23.0 Å². The van der Waals surface area contributed by atoms with Crippen molar-refractivity contribution in [1.29, 1.82) is 0 Å². The van der Waals surface area contributed by atoms with Crippen molar-refractivity contribution < 1.29 is 9.53 Å². The molecule has 0 atom stereocenters. The molecule has 0 saturated carbocycles. The Morgan fingerprint density at radius 2 is 2.26 bits per heavy atom. The molecule has 0 aromatic carbocycles. The van der Waals surface area contributed by atoms with E-state index in [0.29, 0.717) is 17.8 Å². The largest absolute Gasteiger partial charge is 0.465 e. The van der Waals surface area contributed by atoms with Crippen molar-refractivity contribution in [2.45, 2.75) is 6.54 Å². The molecule has 98 valence electrons. The van der Waals surface area contributed by atoms with Crippen molar-refractivity contribution in [3.05, 3.63) is 47.9 Å². The van der Waals surface area contributed by atoms with Gasteiger partial charge in [0.05, 0.1) is 36.8 Å². The Kier molecular flexibility index (Phi) is 3.92. The number of rotatable bonds is 4. The summed E-state index contributed by atoms with van der Waals surface area (Å²) in [4.78, 5) is 19.8. The molecule has 6 nitrogen and oxygen atoms in total. The molecule has 0 radical (unpaired) electrons. The van der Waals surface area contributed by atoms with E-state index in [4.69, 9.17) is 10.5 Å². The second-order valence-electron chi connectivity index (χ2n) is 3.82. The molecule has 3 N–H and O–H groups in total. The molecule has 0 saturated heterocycles. The number of esters is 1. The van der Waals surface area contributed by atoms with Crippen LogP contribution in [0.5, 0.6) is 0 Å². The summed E-state index contributed by atoms with van der Waals surface area (Å²) in [6.45, 7) is 0.483. The van der Waals surface area contributed by atoms with Gasteiger partial charge in [0.15, 0.2) is 0 Å². The molecule has 2 rings (SSSR count). The molecule has 2 aromatic rings. The first kappa shape index (κ1) is 12.8. The fourth-order valence-electron chi connectivity index (χ4n) is 1.58. The number of nitrogens with one attached hydrogen (secondary N) is 1. The first-order chi connectivity index (χ1) is 9.20. The zero-order valence-corrected chi connectivity index (χ0v) is 10.5. The van der Waals surface area contributed by atoms with Gasteiger partial charge in [-0.3, -0.25) is 4.98 Å². The van der Waals surface area contributed by atoms with Crippen LogP contribution < -0.4 is 11.1 Å². The van der Waals surface area contributed by atoms with Gasteiger partial charge >= 0.3 is 5.97 Å². The highest BCUT2D eigenvalue weighted by atomic mass is 16.5. The van der Waals surface area contributed by atoms with Gasteiger partial charge in [0.1, 0.15) is 5.82 Å².